The van der Waals surface area contributed by atoms with E-state index in [2.05, 4.69) is 12.1 Å². The molecule has 19 heavy (non-hydrogen) atoms. The number of hydrogen-bond acceptors (Lipinski definition) is 2. The lowest BCUT2D eigenvalue weighted by Crippen LogP contribution is -2.05. The number of aliphatic hydroxyl groups excluding tert-OH is 1. The fourth-order valence-electron chi connectivity index (χ4n) is 2.79. The Hall–Kier alpha value is -1.64. The highest BCUT2D eigenvalue weighted by Gasteiger charge is 2.18. The third kappa shape index (κ3) is 2.18. The van der Waals surface area contributed by atoms with Gasteiger partial charge in [-0.2, -0.15) is 0 Å². The van der Waals surface area contributed by atoms with Crippen molar-refractivity contribution in [3.8, 4) is 0 Å². The quantitative estimate of drug-likeness (QED) is 0.890. The van der Waals surface area contributed by atoms with Gasteiger partial charge in [0, 0.05) is 0 Å². The number of aryl methyl sites for hydroxylation is 2. The van der Waals surface area contributed by atoms with Gasteiger partial charge in [0.2, 0.25) is 0 Å². The molecule has 1 atom stereocenters. The van der Waals surface area contributed by atoms with E-state index in [9.17, 15) is 5.11 Å². The average Bonchev–Trinajstić information content (AvgIpc) is 2.85. The lowest BCUT2D eigenvalue weighted by molar-refractivity contribution is 0.134. The van der Waals surface area contributed by atoms with Gasteiger partial charge in [-0.25, -0.2) is 0 Å². The molecular weight excluding hydrogens is 236 g/mol. The van der Waals surface area contributed by atoms with E-state index in [4.69, 9.17) is 4.74 Å². The third-order valence-corrected chi connectivity index (χ3v) is 3.88. The number of fused-ring (bicyclic) bond motifs is 1. The predicted octanol–water partition coefficient (Wildman–Crippen LogP) is 3.42. The molecule has 1 heterocycles. The van der Waals surface area contributed by atoms with Crippen molar-refractivity contribution in [2.45, 2.75) is 33.2 Å². The zero-order chi connectivity index (χ0) is 13.4. The van der Waals surface area contributed by atoms with Crippen molar-refractivity contribution in [3.05, 3.63) is 69.8 Å². The highest BCUT2D eigenvalue weighted by Crippen LogP contribution is 2.30. The van der Waals surface area contributed by atoms with Gasteiger partial charge < -0.3 is 9.84 Å². The normalized spacial score (nSPS) is 15.3. The van der Waals surface area contributed by atoms with E-state index in [1.807, 2.05) is 38.1 Å². The van der Waals surface area contributed by atoms with Gasteiger partial charge in [-0.3, -0.25) is 0 Å². The Morgan fingerprint density at radius 1 is 1.00 bits per heavy atom. The zero-order valence-electron chi connectivity index (χ0n) is 11.3. The standard InChI is InChI=1S/C17H18O2/c1-11-4-3-5-12(2)16(11)17(18)13-6-7-14-9-19-10-15(14)8-13/h3-8,17-18H,9-10H2,1-2H3. The van der Waals surface area contributed by atoms with Crippen molar-refractivity contribution >= 4 is 0 Å². The summed E-state index contributed by atoms with van der Waals surface area (Å²) in [5, 5.41) is 10.6. The summed E-state index contributed by atoms with van der Waals surface area (Å²) in [6.45, 7) is 5.43. The fourth-order valence-corrected chi connectivity index (χ4v) is 2.79. The molecule has 0 radical (unpaired) electrons. The maximum absolute atomic E-state index is 10.6. The molecule has 0 saturated carbocycles. The van der Waals surface area contributed by atoms with Crippen molar-refractivity contribution in [2.24, 2.45) is 0 Å². The molecule has 1 aliphatic heterocycles. The van der Waals surface area contributed by atoms with E-state index < -0.39 is 6.10 Å². The van der Waals surface area contributed by atoms with Crippen molar-refractivity contribution in [1.82, 2.24) is 0 Å². The van der Waals surface area contributed by atoms with Gasteiger partial charge in [0.15, 0.2) is 0 Å². The monoisotopic (exact) mass is 254 g/mol. The Bertz CT molecular complexity index is 596. The molecule has 1 N–H and O–H groups in total. The first-order chi connectivity index (χ1) is 9.16. The summed E-state index contributed by atoms with van der Waals surface area (Å²) in [5.74, 6) is 0. The molecule has 0 bridgehead atoms. The minimum absolute atomic E-state index is 0.563. The molecule has 98 valence electrons. The molecule has 0 spiro atoms. The topological polar surface area (TPSA) is 29.5 Å². The second kappa shape index (κ2) is 4.80. The van der Waals surface area contributed by atoms with Crippen molar-refractivity contribution in [2.75, 3.05) is 0 Å². The zero-order valence-corrected chi connectivity index (χ0v) is 11.3. The van der Waals surface area contributed by atoms with Crippen LogP contribution < -0.4 is 0 Å². The molecule has 2 aromatic carbocycles. The Kier molecular flexibility index (Phi) is 3.13. The Labute approximate surface area is 113 Å². The van der Waals surface area contributed by atoms with E-state index >= 15 is 0 Å². The molecular formula is C17H18O2. The molecule has 0 aromatic heterocycles. The van der Waals surface area contributed by atoms with Crippen LogP contribution in [0.1, 0.15) is 39.5 Å². The van der Waals surface area contributed by atoms with E-state index in [0.717, 1.165) is 22.3 Å². The van der Waals surface area contributed by atoms with Gasteiger partial charge in [0.1, 0.15) is 6.10 Å². The second-order valence-electron chi connectivity index (χ2n) is 5.23. The number of benzene rings is 2. The summed E-state index contributed by atoms with van der Waals surface area (Å²) in [4.78, 5) is 0. The average molecular weight is 254 g/mol. The highest BCUT2D eigenvalue weighted by atomic mass is 16.5. The molecule has 2 aromatic rings. The number of aliphatic hydroxyl groups is 1. The van der Waals surface area contributed by atoms with Crippen LogP contribution in [0, 0.1) is 13.8 Å². The molecule has 0 aliphatic carbocycles. The van der Waals surface area contributed by atoms with Crippen LogP contribution in [0.2, 0.25) is 0 Å². The summed E-state index contributed by atoms with van der Waals surface area (Å²) >= 11 is 0. The SMILES string of the molecule is Cc1cccc(C)c1C(O)c1ccc2c(c1)COC2. The maximum Gasteiger partial charge on any atom is 0.105 e. The van der Waals surface area contributed by atoms with Crippen LogP contribution in [0.3, 0.4) is 0 Å². The van der Waals surface area contributed by atoms with E-state index in [-0.39, 0.29) is 0 Å². The number of ether oxygens (including phenoxy) is 1. The van der Waals surface area contributed by atoms with Crippen molar-refractivity contribution < 1.29 is 9.84 Å². The predicted molar refractivity (Wildman–Crippen MR) is 74.9 cm³/mol. The minimum Gasteiger partial charge on any atom is -0.384 e. The molecule has 0 amide bonds. The lowest BCUT2D eigenvalue weighted by Gasteiger charge is -2.17. The Balaban J connectivity index is 2.02. The van der Waals surface area contributed by atoms with Gasteiger partial charge in [0.05, 0.1) is 13.2 Å². The van der Waals surface area contributed by atoms with E-state index in [0.29, 0.717) is 13.2 Å². The first kappa shape index (κ1) is 12.4. The van der Waals surface area contributed by atoms with Gasteiger partial charge in [0.25, 0.3) is 0 Å². The van der Waals surface area contributed by atoms with Crippen LogP contribution in [0.5, 0.6) is 0 Å². The molecule has 0 fully saturated rings. The van der Waals surface area contributed by atoms with Gasteiger partial charge in [-0.1, -0.05) is 36.4 Å². The smallest absolute Gasteiger partial charge is 0.105 e. The highest BCUT2D eigenvalue weighted by molar-refractivity contribution is 5.43. The van der Waals surface area contributed by atoms with E-state index in [1.165, 1.54) is 11.1 Å². The van der Waals surface area contributed by atoms with Crippen molar-refractivity contribution in [3.63, 3.8) is 0 Å². The summed E-state index contributed by atoms with van der Waals surface area (Å²) in [5.41, 5.74) is 6.65. The third-order valence-electron chi connectivity index (χ3n) is 3.88. The van der Waals surface area contributed by atoms with Gasteiger partial charge in [-0.05, 0) is 47.2 Å². The van der Waals surface area contributed by atoms with Crippen LogP contribution in [0.25, 0.3) is 0 Å². The molecule has 2 nitrogen and oxygen atoms in total. The molecule has 1 unspecified atom stereocenters. The van der Waals surface area contributed by atoms with Crippen LogP contribution in [0.15, 0.2) is 36.4 Å². The summed E-state index contributed by atoms with van der Waals surface area (Å²) in [7, 11) is 0. The Morgan fingerprint density at radius 3 is 2.42 bits per heavy atom. The number of hydrogen-bond donors (Lipinski definition) is 1. The first-order valence-electron chi connectivity index (χ1n) is 6.60. The molecule has 0 saturated heterocycles. The maximum atomic E-state index is 10.6. The van der Waals surface area contributed by atoms with Crippen LogP contribution >= 0.6 is 0 Å². The second-order valence-corrected chi connectivity index (χ2v) is 5.23. The van der Waals surface area contributed by atoms with Gasteiger partial charge >= 0.3 is 0 Å². The first-order valence-corrected chi connectivity index (χ1v) is 6.60. The Morgan fingerprint density at radius 2 is 1.68 bits per heavy atom. The molecule has 1 aliphatic rings. The lowest BCUT2D eigenvalue weighted by atomic mass is 9.92. The van der Waals surface area contributed by atoms with Crippen LogP contribution in [-0.2, 0) is 18.0 Å². The summed E-state index contributed by atoms with van der Waals surface area (Å²) in [6.07, 6.45) is -0.563. The van der Waals surface area contributed by atoms with Crippen LogP contribution in [-0.4, -0.2) is 5.11 Å². The molecule has 2 heteroatoms. The molecule has 3 rings (SSSR count). The minimum atomic E-state index is -0.563. The fraction of sp³-hybridized carbons (Fsp3) is 0.294. The van der Waals surface area contributed by atoms with Crippen molar-refractivity contribution in [1.29, 1.82) is 0 Å². The summed E-state index contributed by atoms with van der Waals surface area (Å²) < 4.78 is 5.42. The summed E-state index contributed by atoms with van der Waals surface area (Å²) in [6, 6.07) is 12.2. The van der Waals surface area contributed by atoms with Crippen LogP contribution in [0.4, 0.5) is 0 Å². The van der Waals surface area contributed by atoms with Gasteiger partial charge in [-0.15, -0.1) is 0 Å². The largest absolute Gasteiger partial charge is 0.384 e. The number of rotatable bonds is 2. The van der Waals surface area contributed by atoms with E-state index in [1.54, 1.807) is 0 Å².